The lowest BCUT2D eigenvalue weighted by Crippen LogP contribution is -2.41. The van der Waals surface area contributed by atoms with Gasteiger partial charge in [-0.25, -0.2) is 0 Å². The Morgan fingerprint density at radius 2 is 2.00 bits per heavy atom. The predicted octanol–water partition coefficient (Wildman–Crippen LogP) is 4.05. The van der Waals surface area contributed by atoms with Crippen LogP contribution < -0.4 is 5.32 Å². The lowest BCUT2D eigenvalue weighted by Gasteiger charge is -2.29. The van der Waals surface area contributed by atoms with Gasteiger partial charge in [0, 0.05) is 30.1 Å². The molecule has 0 radical (unpaired) electrons. The third-order valence-electron chi connectivity index (χ3n) is 4.26. The predicted molar refractivity (Wildman–Crippen MR) is 87.8 cm³/mol. The summed E-state index contributed by atoms with van der Waals surface area (Å²) in [5.41, 5.74) is 1.93. The van der Waals surface area contributed by atoms with Gasteiger partial charge in [-0.3, -0.25) is 0 Å². The van der Waals surface area contributed by atoms with Crippen LogP contribution in [0.2, 0.25) is 5.22 Å². The normalized spacial score (nSPS) is 18.2. The number of benzene rings is 1. The van der Waals surface area contributed by atoms with Crippen molar-refractivity contribution in [1.82, 2.24) is 10.2 Å². The van der Waals surface area contributed by atoms with E-state index in [-0.39, 0.29) is 0 Å². The first kappa shape index (κ1) is 14.9. The molecule has 1 atom stereocenters. The maximum atomic E-state index is 6.23. The van der Waals surface area contributed by atoms with Crippen molar-refractivity contribution in [3.05, 3.63) is 35.0 Å². The molecule has 114 valence electrons. The van der Waals surface area contributed by atoms with Crippen molar-refractivity contribution in [3.8, 4) is 0 Å². The summed E-state index contributed by atoms with van der Waals surface area (Å²) in [6, 6.07) is 8.47. The highest BCUT2D eigenvalue weighted by Crippen LogP contribution is 2.29. The van der Waals surface area contributed by atoms with Crippen LogP contribution >= 0.6 is 11.6 Å². The monoisotopic (exact) mass is 306 g/mol. The van der Waals surface area contributed by atoms with Gasteiger partial charge in [0.2, 0.25) is 0 Å². The molecule has 21 heavy (non-hydrogen) atoms. The Balaban J connectivity index is 1.59. The maximum absolute atomic E-state index is 6.23. The highest BCUT2D eigenvalue weighted by Gasteiger charge is 2.15. The average Bonchev–Trinajstić information content (AvgIpc) is 2.81. The average molecular weight is 307 g/mol. The molecule has 0 amide bonds. The van der Waals surface area contributed by atoms with Gasteiger partial charge in [0.15, 0.2) is 5.22 Å². The van der Waals surface area contributed by atoms with E-state index in [4.69, 9.17) is 16.0 Å². The number of piperidine rings is 1. The van der Waals surface area contributed by atoms with Gasteiger partial charge in [0.05, 0.1) is 0 Å². The van der Waals surface area contributed by atoms with Crippen LogP contribution in [0.5, 0.6) is 0 Å². The first-order chi connectivity index (χ1) is 10.2. The molecule has 1 aliphatic heterocycles. The van der Waals surface area contributed by atoms with Gasteiger partial charge in [-0.2, -0.15) is 0 Å². The molecular formula is C17H23ClN2O. The molecule has 1 saturated heterocycles. The van der Waals surface area contributed by atoms with E-state index < -0.39 is 0 Å². The zero-order chi connectivity index (χ0) is 14.7. The van der Waals surface area contributed by atoms with Crippen LogP contribution in [-0.4, -0.2) is 30.6 Å². The molecule has 1 aliphatic rings. The molecule has 3 rings (SSSR count). The topological polar surface area (TPSA) is 28.4 Å². The molecule has 0 aliphatic carbocycles. The Kier molecular flexibility index (Phi) is 4.84. The van der Waals surface area contributed by atoms with Crippen molar-refractivity contribution >= 4 is 22.6 Å². The number of hydrogen-bond donors (Lipinski definition) is 1. The molecule has 4 heteroatoms. The number of rotatable bonds is 5. The molecule has 1 unspecified atom stereocenters. The van der Waals surface area contributed by atoms with Crippen LogP contribution in [-0.2, 0) is 6.54 Å². The Morgan fingerprint density at radius 3 is 2.81 bits per heavy atom. The zero-order valence-electron chi connectivity index (χ0n) is 12.6. The van der Waals surface area contributed by atoms with Gasteiger partial charge in [0.1, 0.15) is 5.58 Å². The van der Waals surface area contributed by atoms with Crippen molar-refractivity contribution in [3.63, 3.8) is 0 Å². The molecule has 1 aromatic carbocycles. The minimum Gasteiger partial charge on any atom is -0.444 e. The summed E-state index contributed by atoms with van der Waals surface area (Å²) in [6.07, 6.45) is 4.06. The zero-order valence-corrected chi connectivity index (χ0v) is 13.3. The van der Waals surface area contributed by atoms with Crippen LogP contribution in [0.4, 0.5) is 0 Å². The summed E-state index contributed by atoms with van der Waals surface area (Å²) in [6.45, 7) is 6.58. The number of nitrogens with one attached hydrogen (secondary N) is 1. The minimum absolute atomic E-state index is 0.452. The summed E-state index contributed by atoms with van der Waals surface area (Å²) in [4.78, 5) is 2.55. The third-order valence-corrected chi connectivity index (χ3v) is 4.56. The van der Waals surface area contributed by atoms with Crippen molar-refractivity contribution in [2.45, 2.75) is 38.8 Å². The van der Waals surface area contributed by atoms with E-state index in [0.29, 0.717) is 11.3 Å². The lowest BCUT2D eigenvalue weighted by atomic mass is 10.1. The molecule has 2 heterocycles. The van der Waals surface area contributed by atoms with Gasteiger partial charge in [-0.05, 0) is 50.5 Å². The second kappa shape index (κ2) is 6.82. The summed E-state index contributed by atoms with van der Waals surface area (Å²) in [5, 5.41) is 5.20. The van der Waals surface area contributed by atoms with Crippen LogP contribution in [0.15, 0.2) is 28.7 Å². The second-order valence-electron chi connectivity index (χ2n) is 5.99. The quantitative estimate of drug-likeness (QED) is 0.903. The van der Waals surface area contributed by atoms with Gasteiger partial charge in [-0.15, -0.1) is 0 Å². The number of fused-ring (bicyclic) bond motifs is 1. The standard InChI is InChI=1S/C17H23ClN2O/c1-13(12-20-9-5-2-6-10-20)19-11-15-14-7-3-4-8-16(14)21-17(15)18/h3-4,7-8,13,19H,2,5-6,9-12H2,1H3. The first-order valence-corrected chi connectivity index (χ1v) is 8.23. The van der Waals surface area contributed by atoms with Crippen LogP contribution in [0, 0.1) is 0 Å². The maximum Gasteiger partial charge on any atom is 0.199 e. The number of halogens is 1. The van der Waals surface area contributed by atoms with E-state index in [0.717, 1.165) is 29.6 Å². The number of furan rings is 1. The van der Waals surface area contributed by atoms with E-state index in [1.54, 1.807) is 0 Å². The second-order valence-corrected chi connectivity index (χ2v) is 6.34. The smallest absolute Gasteiger partial charge is 0.199 e. The molecule has 0 spiro atoms. The molecule has 0 saturated carbocycles. The Hall–Kier alpha value is -1.03. The number of nitrogens with zero attached hydrogens (tertiary/aromatic N) is 1. The molecule has 1 aromatic heterocycles. The largest absolute Gasteiger partial charge is 0.444 e. The SMILES string of the molecule is CC(CN1CCCCC1)NCc1c(Cl)oc2ccccc12. The fourth-order valence-electron chi connectivity index (χ4n) is 3.10. The number of hydrogen-bond acceptors (Lipinski definition) is 3. The summed E-state index contributed by atoms with van der Waals surface area (Å²) in [7, 11) is 0. The van der Waals surface area contributed by atoms with Gasteiger partial charge < -0.3 is 14.6 Å². The van der Waals surface area contributed by atoms with Gasteiger partial charge in [-0.1, -0.05) is 24.6 Å². The van der Waals surface area contributed by atoms with E-state index in [1.807, 2.05) is 18.2 Å². The van der Waals surface area contributed by atoms with E-state index in [2.05, 4.69) is 23.2 Å². The Bertz CT molecular complexity index is 589. The van der Waals surface area contributed by atoms with Crippen molar-refractivity contribution in [2.75, 3.05) is 19.6 Å². The van der Waals surface area contributed by atoms with Crippen molar-refractivity contribution in [2.24, 2.45) is 0 Å². The van der Waals surface area contributed by atoms with Gasteiger partial charge >= 0.3 is 0 Å². The van der Waals surface area contributed by atoms with Crippen molar-refractivity contribution in [1.29, 1.82) is 0 Å². The molecule has 0 bridgehead atoms. The molecular weight excluding hydrogens is 284 g/mol. The fraction of sp³-hybridized carbons (Fsp3) is 0.529. The highest BCUT2D eigenvalue weighted by atomic mass is 35.5. The molecule has 1 N–H and O–H groups in total. The summed E-state index contributed by atoms with van der Waals surface area (Å²) in [5.74, 6) is 0. The molecule has 1 fully saturated rings. The molecule has 2 aromatic rings. The first-order valence-electron chi connectivity index (χ1n) is 7.85. The minimum atomic E-state index is 0.452. The lowest BCUT2D eigenvalue weighted by molar-refractivity contribution is 0.209. The van der Waals surface area contributed by atoms with Gasteiger partial charge in [0.25, 0.3) is 0 Å². The third kappa shape index (κ3) is 3.60. The van der Waals surface area contributed by atoms with E-state index in [1.165, 1.54) is 32.4 Å². The van der Waals surface area contributed by atoms with E-state index >= 15 is 0 Å². The highest BCUT2D eigenvalue weighted by molar-refractivity contribution is 6.30. The Labute approximate surface area is 131 Å². The van der Waals surface area contributed by atoms with Crippen molar-refractivity contribution < 1.29 is 4.42 Å². The van der Waals surface area contributed by atoms with Crippen LogP contribution in [0.1, 0.15) is 31.7 Å². The summed E-state index contributed by atoms with van der Waals surface area (Å²) >= 11 is 6.23. The fourth-order valence-corrected chi connectivity index (χ4v) is 3.36. The summed E-state index contributed by atoms with van der Waals surface area (Å²) < 4.78 is 5.60. The van der Waals surface area contributed by atoms with Crippen LogP contribution in [0.3, 0.4) is 0 Å². The van der Waals surface area contributed by atoms with E-state index in [9.17, 15) is 0 Å². The number of para-hydroxylation sites is 1. The number of likely N-dealkylation sites (tertiary alicyclic amines) is 1. The van der Waals surface area contributed by atoms with Crippen LogP contribution in [0.25, 0.3) is 11.0 Å². The molecule has 3 nitrogen and oxygen atoms in total. The Morgan fingerprint density at radius 1 is 1.24 bits per heavy atom.